The summed E-state index contributed by atoms with van der Waals surface area (Å²) in [5.74, 6) is 1.57. The van der Waals surface area contributed by atoms with Gasteiger partial charge in [-0.05, 0) is 37.6 Å². The van der Waals surface area contributed by atoms with Gasteiger partial charge in [0.15, 0.2) is 11.5 Å². The van der Waals surface area contributed by atoms with Crippen molar-refractivity contribution >= 4 is 40.1 Å². The number of para-hydroxylation sites is 1. The molecule has 0 spiro atoms. The van der Waals surface area contributed by atoms with E-state index in [2.05, 4.69) is 35.9 Å². The highest BCUT2D eigenvalue weighted by molar-refractivity contribution is 5.97. The molecular formula is C24H26N8O3. The van der Waals surface area contributed by atoms with E-state index < -0.39 is 0 Å². The van der Waals surface area contributed by atoms with Crippen molar-refractivity contribution in [2.45, 2.75) is 19.4 Å². The van der Waals surface area contributed by atoms with E-state index in [1.54, 1.807) is 23.9 Å². The summed E-state index contributed by atoms with van der Waals surface area (Å²) in [6.45, 7) is 3.74. The van der Waals surface area contributed by atoms with Crippen LogP contribution in [0.2, 0.25) is 0 Å². The number of fused-ring (bicyclic) bond motifs is 2. The number of amides is 3. The van der Waals surface area contributed by atoms with Crippen LogP contribution in [0.25, 0.3) is 16.6 Å². The zero-order valence-electron chi connectivity index (χ0n) is 19.5. The first-order valence-electron chi connectivity index (χ1n) is 11.4. The molecule has 4 heterocycles. The fourth-order valence-electron chi connectivity index (χ4n) is 4.20. The van der Waals surface area contributed by atoms with E-state index in [0.717, 1.165) is 24.2 Å². The normalized spacial score (nSPS) is 15.4. The van der Waals surface area contributed by atoms with E-state index in [4.69, 9.17) is 4.74 Å². The Morgan fingerprint density at radius 2 is 2.03 bits per heavy atom. The maximum Gasteiger partial charge on any atom is 0.320 e. The number of urea groups is 1. The van der Waals surface area contributed by atoms with Gasteiger partial charge in [0.2, 0.25) is 0 Å². The Hall–Kier alpha value is -4.41. The minimum absolute atomic E-state index is 0.0444. The van der Waals surface area contributed by atoms with Gasteiger partial charge in [-0.15, -0.1) is 5.10 Å². The molecule has 0 saturated carbocycles. The fraction of sp³-hybridized carbons (Fsp3) is 0.292. The van der Waals surface area contributed by atoms with Crippen LogP contribution in [0.3, 0.4) is 0 Å². The summed E-state index contributed by atoms with van der Waals surface area (Å²) in [5.41, 5.74) is 1.66. The molecule has 11 nitrogen and oxygen atoms in total. The first kappa shape index (κ1) is 22.4. The van der Waals surface area contributed by atoms with Crippen LogP contribution in [0.5, 0.6) is 5.75 Å². The second-order valence-corrected chi connectivity index (χ2v) is 8.24. The third-order valence-electron chi connectivity index (χ3n) is 5.86. The molecule has 3 aromatic heterocycles. The lowest BCUT2D eigenvalue weighted by Crippen LogP contribution is -2.37. The van der Waals surface area contributed by atoms with Crippen LogP contribution in [-0.4, -0.2) is 64.3 Å². The molecule has 1 saturated heterocycles. The second kappa shape index (κ2) is 9.45. The minimum atomic E-state index is -0.312. The topological polar surface area (TPSA) is 126 Å². The van der Waals surface area contributed by atoms with Crippen LogP contribution in [0.15, 0.2) is 48.7 Å². The summed E-state index contributed by atoms with van der Waals surface area (Å²) in [7, 11) is 1.58. The number of ether oxygens (including phenoxy) is 1. The molecule has 180 valence electrons. The Morgan fingerprint density at radius 1 is 1.17 bits per heavy atom. The third-order valence-corrected chi connectivity index (χ3v) is 5.86. The lowest BCUT2D eigenvalue weighted by Gasteiger charge is -2.18. The number of methoxy groups -OCH3 is 1. The van der Waals surface area contributed by atoms with E-state index in [1.165, 1.54) is 0 Å². The highest BCUT2D eigenvalue weighted by Gasteiger charge is 2.26. The molecule has 4 aromatic rings. The van der Waals surface area contributed by atoms with Gasteiger partial charge in [-0.3, -0.25) is 10.1 Å². The summed E-state index contributed by atoms with van der Waals surface area (Å²) in [6.07, 6.45) is 2.45. The maximum absolute atomic E-state index is 13.0. The van der Waals surface area contributed by atoms with Gasteiger partial charge in [0.1, 0.15) is 17.3 Å². The number of hydrogen-bond donors (Lipinski definition) is 3. The molecule has 11 heteroatoms. The number of carbonyl (C=O) groups is 2. The summed E-state index contributed by atoms with van der Waals surface area (Å²) >= 11 is 0. The number of nitrogens with zero attached hydrogens (tertiary/aromatic N) is 5. The Labute approximate surface area is 201 Å². The van der Waals surface area contributed by atoms with Crippen LogP contribution in [-0.2, 0) is 0 Å². The van der Waals surface area contributed by atoms with Crippen molar-refractivity contribution in [1.29, 1.82) is 0 Å². The molecule has 1 atom stereocenters. The molecule has 1 fully saturated rings. The Morgan fingerprint density at radius 3 is 2.86 bits per heavy atom. The smallest absolute Gasteiger partial charge is 0.320 e. The van der Waals surface area contributed by atoms with Crippen molar-refractivity contribution in [3.05, 3.63) is 54.4 Å². The fourth-order valence-corrected chi connectivity index (χ4v) is 4.20. The number of nitrogens with one attached hydrogen (secondary N) is 3. The molecule has 1 aliphatic heterocycles. The number of hydrogen-bond acceptors (Lipinski definition) is 7. The van der Waals surface area contributed by atoms with Crippen LogP contribution in [0, 0.1) is 0 Å². The molecule has 5 rings (SSSR count). The molecule has 0 unspecified atom stereocenters. The first-order valence-corrected chi connectivity index (χ1v) is 11.4. The number of imidazole rings is 1. The van der Waals surface area contributed by atoms with Gasteiger partial charge >= 0.3 is 6.03 Å². The molecule has 0 radical (unpaired) electrons. The Bertz CT molecular complexity index is 1400. The second-order valence-electron chi connectivity index (χ2n) is 8.24. The molecule has 35 heavy (non-hydrogen) atoms. The standard InChI is InChI=1S/C24H26N8O3/c1-3-25-24(34)29-20-14-32-21(28-20)8-9-22(30-32)31-11-10-15(13-31)26-23(33)18-12-19(35-2)16-6-4-5-7-17(16)27-18/h4-9,12,14-15H,3,10-11,13H2,1-2H3,(H,26,33)(H2,25,29,34)/t15-/m0/s1. The summed E-state index contributed by atoms with van der Waals surface area (Å²) in [6, 6.07) is 12.6. The molecule has 1 aliphatic rings. The van der Waals surface area contributed by atoms with E-state index in [0.29, 0.717) is 41.5 Å². The van der Waals surface area contributed by atoms with E-state index in [-0.39, 0.29) is 18.0 Å². The van der Waals surface area contributed by atoms with Gasteiger partial charge in [0, 0.05) is 37.1 Å². The molecule has 0 aliphatic carbocycles. The average Bonchev–Trinajstić information content (AvgIpc) is 3.49. The number of carbonyl (C=O) groups excluding carboxylic acids is 2. The van der Waals surface area contributed by atoms with Gasteiger partial charge in [0.25, 0.3) is 5.91 Å². The van der Waals surface area contributed by atoms with Gasteiger partial charge in [-0.1, -0.05) is 12.1 Å². The molecule has 0 bridgehead atoms. The number of aromatic nitrogens is 4. The van der Waals surface area contributed by atoms with Crippen molar-refractivity contribution in [3.63, 3.8) is 0 Å². The zero-order chi connectivity index (χ0) is 24.4. The van der Waals surface area contributed by atoms with Gasteiger partial charge in [-0.25, -0.2) is 19.3 Å². The van der Waals surface area contributed by atoms with E-state index in [9.17, 15) is 9.59 Å². The van der Waals surface area contributed by atoms with Gasteiger partial charge in [0.05, 0.1) is 18.8 Å². The van der Waals surface area contributed by atoms with Crippen molar-refractivity contribution in [2.75, 3.05) is 37.0 Å². The SMILES string of the molecule is CCNC(=O)Nc1cn2nc(N3CC[C@H](NC(=O)c4cc(OC)c5ccccc5n4)C3)ccc2n1. The van der Waals surface area contributed by atoms with Crippen LogP contribution in [0.4, 0.5) is 16.4 Å². The lowest BCUT2D eigenvalue weighted by atomic mass is 10.1. The predicted molar refractivity (Wildman–Crippen MR) is 132 cm³/mol. The number of benzene rings is 1. The highest BCUT2D eigenvalue weighted by Crippen LogP contribution is 2.25. The molecule has 3 N–H and O–H groups in total. The predicted octanol–water partition coefficient (Wildman–Crippen LogP) is 2.44. The summed E-state index contributed by atoms with van der Waals surface area (Å²) < 4.78 is 7.10. The largest absolute Gasteiger partial charge is 0.496 e. The van der Waals surface area contributed by atoms with Crippen molar-refractivity contribution in [2.24, 2.45) is 0 Å². The third kappa shape index (κ3) is 4.65. The molecule has 1 aromatic carbocycles. The van der Waals surface area contributed by atoms with E-state index in [1.807, 2.05) is 43.3 Å². The number of pyridine rings is 1. The average molecular weight is 475 g/mol. The number of anilines is 2. The van der Waals surface area contributed by atoms with Crippen molar-refractivity contribution in [3.8, 4) is 5.75 Å². The minimum Gasteiger partial charge on any atom is -0.496 e. The zero-order valence-corrected chi connectivity index (χ0v) is 19.5. The Balaban J connectivity index is 1.26. The van der Waals surface area contributed by atoms with Crippen molar-refractivity contribution < 1.29 is 14.3 Å². The monoisotopic (exact) mass is 474 g/mol. The van der Waals surface area contributed by atoms with E-state index >= 15 is 0 Å². The molecule has 3 amide bonds. The summed E-state index contributed by atoms with van der Waals surface area (Å²) in [5, 5.41) is 13.9. The quantitative estimate of drug-likeness (QED) is 0.392. The van der Waals surface area contributed by atoms with Gasteiger partial charge in [-0.2, -0.15) is 0 Å². The van der Waals surface area contributed by atoms with Gasteiger partial charge < -0.3 is 20.3 Å². The van der Waals surface area contributed by atoms with Crippen LogP contribution < -0.4 is 25.6 Å². The maximum atomic E-state index is 13.0. The first-order chi connectivity index (χ1) is 17.0. The summed E-state index contributed by atoms with van der Waals surface area (Å²) in [4.78, 5) is 35.7. The molecular weight excluding hydrogens is 448 g/mol. The lowest BCUT2D eigenvalue weighted by molar-refractivity contribution is 0.0935. The number of rotatable bonds is 6. The van der Waals surface area contributed by atoms with Crippen LogP contribution in [0.1, 0.15) is 23.8 Å². The van der Waals surface area contributed by atoms with Crippen LogP contribution >= 0.6 is 0 Å². The Kier molecular flexibility index (Phi) is 6.04. The van der Waals surface area contributed by atoms with Crippen molar-refractivity contribution in [1.82, 2.24) is 30.2 Å². The highest BCUT2D eigenvalue weighted by atomic mass is 16.5.